The van der Waals surface area contributed by atoms with Crippen molar-refractivity contribution in [3.63, 3.8) is 0 Å². The Hall–Kier alpha value is -3.45. The minimum absolute atomic E-state index is 0.0338. The van der Waals surface area contributed by atoms with Gasteiger partial charge in [-0.05, 0) is 66.4 Å². The van der Waals surface area contributed by atoms with Crippen LogP contribution < -0.4 is 5.32 Å². The molecular formula is C28H32N2O4S. The van der Waals surface area contributed by atoms with E-state index >= 15 is 0 Å². The molecule has 2 amide bonds. The second kappa shape index (κ2) is 11.3. The number of nitrogens with zero attached hydrogens (tertiary/aromatic N) is 1. The fourth-order valence-corrected chi connectivity index (χ4v) is 4.59. The van der Waals surface area contributed by atoms with Gasteiger partial charge in [0.25, 0.3) is 5.91 Å². The first-order valence-electron chi connectivity index (χ1n) is 11.7. The Morgan fingerprint density at radius 2 is 1.43 bits per heavy atom. The highest BCUT2D eigenvalue weighted by Gasteiger charge is 2.19. The van der Waals surface area contributed by atoms with Gasteiger partial charge in [0.15, 0.2) is 9.84 Å². The van der Waals surface area contributed by atoms with Gasteiger partial charge in [-0.15, -0.1) is 0 Å². The minimum atomic E-state index is -3.27. The highest BCUT2D eigenvalue weighted by Crippen LogP contribution is 2.22. The summed E-state index contributed by atoms with van der Waals surface area (Å²) in [5, 5.41) is 2.82. The summed E-state index contributed by atoms with van der Waals surface area (Å²) in [4.78, 5) is 27.4. The molecule has 0 unspecified atom stereocenters. The van der Waals surface area contributed by atoms with E-state index in [9.17, 15) is 18.0 Å². The summed E-state index contributed by atoms with van der Waals surface area (Å²) in [6, 6.07) is 21.4. The van der Waals surface area contributed by atoms with Crippen molar-refractivity contribution >= 4 is 27.3 Å². The van der Waals surface area contributed by atoms with Crippen LogP contribution in [0.3, 0.4) is 0 Å². The number of hydrogen-bond acceptors (Lipinski definition) is 4. The molecule has 1 atom stereocenters. The maximum atomic E-state index is 13.0. The molecule has 1 N–H and O–H groups in total. The molecule has 0 aromatic heterocycles. The van der Waals surface area contributed by atoms with E-state index in [1.54, 1.807) is 55.3 Å². The minimum Gasteiger partial charge on any atom is -0.335 e. The number of aryl methyl sites for hydroxylation is 1. The molecule has 7 heteroatoms. The molecule has 35 heavy (non-hydrogen) atoms. The lowest BCUT2D eigenvalue weighted by molar-refractivity contribution is -0.115. The summed E-state index contributed by atoms with van der Waals surface area (Å²) in [5.74, 6) is -0.292. The molecule has 0 fully saturated rings. The van der Waals surface area contributed by atoms with E-state index in [-0.39, 0.29) is 34.9 Å². The Bertz CT molecular complexity index is 1270. The highest BCUT2D eigenvalue weighted by molar-refractivity contribution is 7.91. The molecule has 3 aromatic rings. The second-order valence-corrected chi connectivity index (χ2v) is 10.8. The second-order valence-electron chi connectivity index (χ2n) is 8.54. The highest BCUT2D eigenvalue weighted by atomic mass is 32.2. The van der Waals surface area contributed by atoms with Gasteiger partial charge in [-0.25, -0.2) is 8.42 Å². The molecule has 0 saturated heterocycles. The third kappa shape index (κ3) is 6.57. The molecule has 3 aromatic carbocycles. The molecule has 0 bridgehead atoms. The Morgan fingerprint density at radius 1 is 0.857 bits per heavy atom. The molecule has 0 aliphatic carbocycles. The number of carbonyl (C=O) groups is 2. The topological polar surface area (TPSA) is 83.6 Å². The Morgan fingerprint density at radius 3 is 1.97 bits per heavy atom. The van der Waals surface area contributed by atoms with Crippen molar-refractivity contribution in [2.45, 2.75) is 44.6 Å². The SMILES string of the molecule is CCc1ccc([C@@H](C)N(C)C(=O)c2ccc(NC(=O)Cc3ccc(S(=O)(=O)CC)cc3)cc2)cc1. The smallest absolute Gasteiger partial charge is 0.254 e. The molecule has 0 aliphatic rings. The number of hydrogen-bond donors (Lipinski definition) is 1. The molecule has 0 heterocycles. The molecular weight excluding hydrogens is 460 g/mol. The number of amides is 2. The molecule has 6 nitrogen and oxygen atoms in total. The predicted molar refractivity (Wildman–Crippen MR) is 139 cm³/mol. The number of rotatable bonds is 9. The van der Waals surface area contributed by atoms with Crippen LogP contribution in [-0.4, -0.2) is 37.9 Å². The zero-order valence-electron chi connectivity index (χ0n) is 20.6. The summed E-state index contributed by atoms with van der Waals surface area (Å²) in [6.45, 7) is 5.70. The average Bonchev–Trinajstić information content (AvgIpc) is 2.88. The fourth-order valence-electron chi connectivity index (χ4n) is 3.70. The first-order chi connectivity index (χ1) is 16.6. The summed E-state index contributed by atoms with van der Waals surface area (Å²) < 4.78 is 23.8. The first kappa shape index (κ1) is 26.2. The van der Waals surface area contributed by atoms with Crippen LogP contribution in [0.5, 0.6) is 0 Å². The number of benzene rings is 3. The first-order valence-corrected chi connectivity index (χ1v) is 13.4. The lowest BCUT2D eigenvalue weighted by Crippen LogP contribution is -2.29. The van der Waals surface area contributed by atoms with Gasteiger partial charge in [-0.1, -0.05) is 50.2 Å². The van der Waals surface area contributed by atoms with Gasteiger partial charge in [0.1, 0.15) is 0 Å². The summed E-state index contributed by atoms with van der Waals surface area (Å²) in [7, 11) is -1.48. The van der Waals surface area contributed by atoms with Gasteiger partial charge in [-0.3, -0.25) is 9.59 Å². The van der Waals surface area contributed by atoms with Crippen LogP contribution in [0.2, 0.25) is 0 Å². The summed E-state index contributed by atoms with van der Waals surface area (Å²) in [6.07, 6.45) is 1.09. The van der Waals surface area contributed by atoms with Crippen LogP contribution in [0.1, 0.15) is 53.9 Å². The third-order valence-corrected chi connectivity index (χ3v) is 7.96. The maximum Gasteiger partial charge on any atom is 0.254 e. The van der Waals surface area contributed by atoms with Gasteiger partial charge >= 0.3 is 0 Å². The van der Waals surface area contributed by atoms with E-state index in [1.165, 1.54) is 17.7 Å². The number of nitrogens with one attached hydrogen (secondary N) is 1. The van der Waals surface area contributed by atoms with Crippen LogP contribution >= 0.6 is 0 Å². The van der Waals surface area contributed by atoms with Gasteiger partial charge in [0.2, 0.25) is 5.91 Å². The summed E-state index contributed by atoms with van der Waals surface area (Å²) in [5.41, 5.74) is 4.17. The number of sulfone groups is 1. The normalized spacial score (nSPS) is 12.1. The van der Waals surface area contributed by atoms with Crippen LogP contribution in [0.25, 0.3) is 0 Å². The molecule has 0 radical (unpaired) electrons. The van der Waals surface area contributed by atoms with Gasteiger partial charge in [0.05, 0.1) is 23.1 Å². The van der Waals surface area contributed by atoms with E-state index in [1.807, 2.05) is 6.92 Å². The van der Waals surface area contributed by atoms with E-state index in [4.69, 9.17) is 0 Å². The molecule has 3 rings (SSSR count). The largest absolute Gasteiger partial charge is 0.335 e. The van der Waals surface area contributed by atoms with Crippen molar-refractivity contribution in [2.75, 3.05) is 18.1 Å². The van der Waals surface area contributed by atoms with Crippen molar-refractivity contribution in [3.8, 4) is 0 Å². The average molecular weight is 493 g/mol. The third-order valence-electron chi connectivity index (χ3n) is 6.21. The van der Waals surface area contributed by atoms with Crippen molar-refractivity contribution in [2.24, 2.45) is 0 Å². The Labute approximate surface area is 207 Å². The number of anilines is 1. The van der Waals surface area contributed by atoms with Gasteiger partial charge < -0.3 is 10.2 Å². The summed E-state index contributed by atoms with van der Waals surface area (Å²) >= 11 is 0. The Kier molecular flexibility index (Phi) is 8.46. The van der Waals surface area contributed by atoms with E-state index < -0.39 is 9.84 Å². The molecule has 0 spiro atoms. The molecule has 184 valence electrons. The lowest BCUT2D eigenvalue weighted by atomic mass is 10.0. The van der Waals surface area contributed by atoms with E-state index in [0.717, 1.165) is 12.0 Å². The van der Waals surface area contributed by atoms with Crippen molar-refractivity contribution in [1.29, 1.82) is 0 Å². The molecule has 0 aliphatic heterocycles. The fraction of sp³-hybridized carbons (Fsp3) is 0.286. The zero-order chi connectivity index (χ0) is 25.6. The predicted octanol–water partition coefficient (Wildman–Crippen LogP) is 5.06. The quantitative estimate of drug-likeness (QED) is 0.453. The maximum absolute atomic E-state index is 13.0. The van der Waals surface area contributed by atoms with Gasteiger partial charge in [-0.2, -0.15) is 0 Å². The Balaban J connectivity index is 1.59. The number of carbonyl (C=O) groups excluding carboxylic acids is 2. The van der Waals surface area contributed by atoms with E-state index in [2.05, 4.69) is 36.5 Å². The lowest BCUT2D eigenvalue weighted by Gasteiger charge is -2.25. The van der Waals surface area contributed by atoms with Crippen LogP contribution in [0, 0.1) is 0 Å². The van der Waals surface area contributed by atoms with E-state index in [0.29, 0.717) is 16.8 Å². The van der Waals surface area contributed by atoms with Gasteiger partial charge in [0, 0.05) is 18.3 Å². The van der Waals surface area contributed by atoms with Crippen LogP contribution in [0.15, 0.2) is 77.7 Å². The standard InChI is InChI=1S/C28H32N2O4S/c1-5-21-7-11-23(12-8-21)20(3)30(4)28(32)24-13-15-25(16-14-24)29-27(31)19-22-9-17-26(18-10-22)35(33,34)6-2/h7-18,20H,5-6,19H2,1-4H3,(H,29,31)/t20-/m1/s1. The monoisotopic (exact) mass is 492 g/mol. The van der Waals surface area contributed by atoms with Crippen LogP contribution in [0.4, 0.5) is 5.69 Å². The molecule has 0 saturated carbocycles. The zero-order valence-corrected chi connectivity index (χ0v) is 21.4. The van der Waals surface area contributed by atoms with Crippen LogP contribution in [-0.2, 0) is 27.5 Å². The van der Waals surface area contributed by atoms with Crippen molar-refractivity contribution < 1.29 is 18.0 Å². The van der Waals surface area contributed by atoms with Crippen molar-refractivity contribution in [3.05, 3.63) is 95.1 Å². The van der Waals surface area contributed by atoms with Crippen molar-refractivity contribution in [1.82, 2.24) is 4.90 Å².